The van der Waals surface area contributed by atoms with Crippen molar-refractivity contribution in [2.24, 2.45) is 0 Å². The number of halogens is 3. The van der Waals surface area contributed by atoms with E-state index in [0.717, 1.165) is 0 Å². The molecule has 2 aromatic rings. The van der Waals surface area contributed by atoms with Crippen LogP contribution in [-0.2, 0) is 14.9 Å². The van der Waals surface area contributed by atoms with E-state index in [1.165, 1.54) is 13.8 Å². The fraction of sp³-hybridized carbons (Fsp3) is 0.350. The highest BCUT2D eigenvalue weighted by atomic mass is 32.2. The number of ether oxygens (including phenoxy) is 1. The van der Waals surface area contributed by atoms with Gasteiger partial charge >= 0.3 is 21.6 Å². The second-order valence-corrected chi connectivity index (χ2v) is 8.10. The van der Waals surface area contributed by atoms with Gasteiger partial charge in [0.2, 0.25) is 0 Å². The second kappa shape index (κ2) is 8.44. The van der Waals surface area contributed by atoms with Crippen molar-refractivity contribution in [3.05, 3.63) is 53.1 Å². The summed E-state index contributed by atoms with van der Waals surface area (Å²) < 4.78 is 71.9. The lowest BCUT2D eigenvalue weighted by Crippen LogP contribution is -2.29. The maximum atomic E-state index is 13.0. The molecule has 0 amide bonds. The molecule has 0 saturated heterocycles. The van der Waals surface area contributed by atoms with Gasteiger partial charge in [0.25, 0.3) is 0 Å². The van der Waals surface area contributed by atoms with Gasteiger partial charge < -0.3 is 8.92 Å². The zero-order valence-electron chi connectivity index (χ0n) is 16.3. The zero-order chi connectivity index (χ0) is 22.0. The van der Waals surface area contributed by atoms with E-state index in [9.17, 15) is 26.4 Å². The third-order valence-corrected chi connectivity index (χ3v) is 5.18. The van der Waals surface area contributed by atoms with E-state index >= 15 is 0 Å². The van der Waals surface area contributed by atoms with Gasteiger partial charge in [-0.2, -0.15) is 21.6 Å². The second-order valence-electron chi connectivity index (χ2n) is 6.57. The van der Waals surface area contributed by atoms with E-state index in [1.807, 2.05) is 0 Å². The van der Waals surface area contributed by atoms with Crippen molar-refractivity contribution in [2.45, 2.75) is 39.1 Å². The first-order valence-corrected chi connectivity index (χ1v) is 10.2. The van der Waals surface area contributed by atoms with Crippen LogP contribution in [-0.4, -0.2) is 26.5 Å². The maximum Gasteiger partial charge on any atom is 0.534 e. The smallest absolute Gasteiger partial charge is 0.462 e. The van der Waals surface area contributed by atoms with E-state index in [0.29, 0.717) is 16.7 Å². The summed E-state index contributed by atoms with van der Waals surface area (Å²) in [4.78, 5) is 12.5. The lowest BCUT2D eigenvalue weighted by Gasteiger charge is -2.22. The number of esters is 1. The number of hydrogen-bond acceptors (Lipinski definition) is 5. The quantitative estimate of drug-likeness (QED) is 0.358. The van der Waals surface area contributed by atoms with Crippen molar-refractivity contribution < 1.29 is 35.3 Å². The van der Waals surface area contributed by atoms with E-state index in [1.54, 1.807) is 50.2 Å². The number of benzene rings is 2. The Labute approximate surface area is 167 Å². The monoisotopic (exact) mass is 430 g/mol. The lowest BCUT2D eigenvalue weighted by molar-refractivity contribution is -0.0500. The summed E-state index contributed by atoms with van der Waals surface area (Å²) in [6.07, 6.45) is 0. The van der Waals surface area contributed by atoms with E-state index < -0.39 is 27.3 Å². The first-order chi connectivity index (χ1) is 13.4. The van der Waals surface area contributed by atoms with Crippen molar-refractivity contribution in [2.75, 3.05) is 6.61 Å². The van der Waals surface area contributed by atoms with Gasteiger partial charge in [0, 0.05) is 5.56 Å². The Hall–Kier alpha value is -2.55. The van der Waals surface area contributed by atoms with Gasteiger partial charge in [-0.3, -0.25) is 0 Å². The Balaban J connectivity index is 2.88. The van der Waals surface area contributed by atoms with E-state index in [-0.39, 0.29) is 23.7 Å². The van der Waals surface area contributed by atoms with Crippen LogP contribution >= 0.6 is 0 Å². The van der Waals surface area contributed by atoms with Gasteiger partial charge in [0.15, 0.2) is 5.75 Å². The van der Waals surface area contributed by atoms with Gasteiger partial charge in [-0.05, 0) is 42.5 Å². The van der Waals surface area contributed by atoms with Crippen molar-refractivity contribution in [1.82, 2.24) is 0 Å². The van der Waals surface area contributed by atoms with Gasteiger partial charge in [0.1, 0.15) is 5.56 Å². The number of alkyl halides is 3. The molecule has 5 nitrogen and oxygen atoms in total. The highest BCUT2D eigenvalue weighted by molar-refractivity contribution is 7.88. The molecule has 0 bridgehead atoms. The molecule has 0 heterocycles. The van der Waals surface area contributed by atoms with Crippen LogP contribution < -0.4 is 4.18 Å². The third kappa shape index (κ3) is 4.72. The first-order valence-electron chi connectivity index (χ1n) is 8.81. The SMILES string of the molecule is CCOC(=O)c1c(C(C)C)cc(-c2ccccc2)c(C)c1OS(=O)(=O)C(F)(F)F. The zero-order valence-corrected chi connectivity index (χ0v) is 17.1. The van der Waals surface area contributed by atoms with Gasteiger partial charge in [-0.15, -0.1) is 0 Å². The predicted octanol–water partition coefficient (Wildman–Crippen LogP) is 5.19. The summed E-state index contributed by atoms with van der Waals surface area (Å²) >= 11 is 0. The fourth-order valence-corrected chi connectivity index (χ4v) is 3.35. The molecule has 158 valence electrons. The highest BCUT2D eigenvalue weighted by Crippen LogP contribution is 2.41. The van der Waals surface area contributed by atoms with Crippen molar-refractivity contribution in [1.29, 1.82) is 0 Å². The molecule has 0 unspecified atom stereocenters. The van der Waals surface area contributed by atoms with Crippen LogP contribution in [0.2, 0.25) is 0 Å². The van der Waals surface area contributed by atoms with Crippen molar-refractivity contribution in [3.8, 4) is 16.9 Å². The first kappa shape index (κ1) is 22.7. The molecule has 0 radical (unpaired) electrons. The molecule has 0 N–H and O–H groups in total. The Morgan fingerprint density at radius 2 is 1.72 bits per heavy atom. The molecule has 29 heavy (non-hydrogen) atoms. The summed E-state index contributed by atoms with van der Waals surface area (Å²) in [6.45, 7) is 6.34. The summed E-state index contributed by atoms with van der Waals surface area (Å²) in [5.41, 5.74) is -4.48. The van der Waals surface area contributed by atoms with Crippen molar-refractivity contribution in [3.63, 3.8) is 0 Å². The molecule has 0 aliphatic heterocycles. The number of carbonyl (C=O) groups is 1. The molecular weight excluding hydrogens is 409 g/mol. The molecule has 0 aromatic heterocycles. The van der Waals surface area contributed by atoms with Crippen LogP contribution in [0.25, 0.3) is 11.1 Å². The van der Waals surface area contributed by atoms with E-state index in [2.05, 4.69) is 4.18 Å². The Bertz CT molecular complexity index is 997. The Kier molecular flexibility index (Phi) is 6.62. The minimum absolute atomic E-state index is 0.0404. The highest BCUT2D eigenvalue weighted by Gasteiger charge is 2.49. The standard InChI is InChI=1S/C20H21F3O5S/c1-5-27-19(24)17-15(12(2)3)11-16(14-9-7-6-8-10-14)13(4)18(17)28-29(25,26)20(21,22)23/h6-12H,5H2,1-4H3. The topological polar surface area (TPSA) is 69.7 Å². The third-order valence-electron chi connectivity index (χ3n) is 4.22. The Morgan fingerprint density at radius 1 is 1.14 bits per heavy atom. The van der Waals surface area contributed by atoms with E-state index in [4.69, 9.17) is 4.74 Å². The predicted molar refractivity (Wildman–Crippen MR) is 102 cm³/mol. The van der Waals surface area contributed by atoms with Gasteiger partial charge in [0.05, 0.1) is 6.61 Å². The van der Waals surface area contributed by atoms with Crippen LogP contribution in [0.3, 0.4) is 0 Å². The average molecular weight is 430 g/mol. The molecular formula is C20H21F3O5S. The molecule has 0 spiro atoms. The normalized spacial score (nSPS) is 12.1. The number of rotatable bonds is 6. The molecule has 0 saturated carbocycles. The average Bonchev–Trinajstić information content (AvgIpc) is 2.62. The minimum Gasteiger partial charge on any atom is -0.462 e. The fourth-order valence-electron chi connectivity index (χ4n) is 2.82. The molecule has 0 atom stereocenters. The van der Waals surface area contributed by atoms with Crippen LogP contribution in [0.5, 0.6) is 5.75 Å². The van der Waals surface area contributed by atoms with Crippen molar-refractivity contribution >= 4 is 16.1 Å². The molecule has 2 aromatic carbocycles. The van der Waals surface area contributed by atoms with Crippen LogP contribution in [0.1, 0.15) is 48.2 Å². The summed E-state index contributed by atoms with van der Waals surface area (Å²) in [7, 11) is -5.99. The summed E-state index contributed by atoms with van der Waals surface area (Å²) in [6, 6.07) is 10.3. The summed E-state index contributed by atoms with van der Waals surface area (Å²) in [5, 5.41) is 0. The maximum absolute atomic E-state index is 13.0. The minimum atomic E-state index is -5.99. The van der Waals surface area contributed by atoms with Gasteiger partial charge in [-0.1, -0.05) is 44.2 Å². The number of hydrogen-bond donors (Lipinski definition) is 0. The molecule has 0 fully saturated rings. The lowest BCUT2D eigenvalue weighted by atomic mass is 9.88. The molecule has 0 aliphatic carbocycles. The molecule has 9 heteroatoms. The largest absolute Gasteiger partial charge is 0.534 e. The van der Waals surface area contributed by atoms with Crippen LogP contribution in [0.15, 0.2) is 36.4 Å². The van der Waals surface area contributed by atoms with Crippen LogP contribution in [0, 0.1) is 6.92 Å². The molecule has 2 rings (SSSR count). The summed E-state index contributed by atoms with van der Waals surface area (Å²) in [5.74, 6) is -1.95. The Morgan fingerprint density at radius 3 is 2.21 bits per heavy atom. The molecule has 0 aliphatic rings. The number of carbonyl (C=O) groups excluding carboxylic acids is 1. The van der Waals surface area contributed by atoms with Crippen LogP contribution in [0.4, 0.5) is 13.2 Å². The van der Waals surface area contributed by atoms with Gasteiger partial charge in [-0.25, -0.2) is 4.79 Å².